The maximum absolute atomic E-state index is 12.1. The van der Waals surface area contributed by atoms with Crippen molar-refractivity contribution in [3.8, 4) is 0 Å². The molecule has 0 spiro atoms. The van der Waals surface area contributed by atoms with Gasteiger partial charge in [0.05, 0.1) is 0 Å². The van der Waals surface area contributed by atoms with Gasteiger partial charge >= 0.3 is 5.97 Å². The van der Waals surface area contributed by atoms with Crippen LogP contribution in [0.15, 0.2) is 0 Å². The minimum atomic E-state index is -1.07. The summed E-state index contributed by atoms with van der Waals surface area (Å²) in [6.45, 7) is 1.45. The lowest BCUT2D eigenvalue weighted by Gasteiger charge is -2.35. The second-order valence-electron chi connectivity index (χ2n) is 5.47. The number of hydrogen-bond donors (Lipinski definition) is 4. The number of hydrogen-bond acceptors (Lipinski definition) is 5. The monoisotopic (exact) mass is 351 g/mol. The number of amides is 1. The summed E-state index contributed by atoms with van der Waals surface area (Å²) in [7, 11) is 0. The van der Waals surface area contributed by atoms with Gasteiger partial charge in [-0.1, -0.05) is 19.8 Å². The summed E-state index contributed by atoms with van der Waals surface area (Å²) in [6.07, 6.45) is 6.61. The molecule has 0 unspecified atom stereocenters. The van der Waals surface area contributed by atoms with E-state index in [1.54, 1.807) is 0 Å². The van der Waals surface area contributed by atoms with Gasteiger partial charge in [-0.2, -0.15) is 25.3 Å². The van der Waals surface area contributed by atoms with Gasteiger partial charge in [0.1, 0.15) is 13.2 Å². The van der Waals surface area contributed by atoms with Crippen LogP contribution in [0, 0.1) is 0 Å². The number of carbonyl (C=O) groups is 2. The van der Waals surface area contributed by atoms with Gasteiger partial charge in [-0.3, -0.25) is 4.79 Å². The Labute approximate surface area is 144 Å². The molecule has 0 aliphatic carbocycles. The van der Waals surface area contributed by atoms with Crippen LogP contribution in [0.3, 0.4) is 0 Å². The number of aliphatic carboxylic acids is 1. The van der Waals surface area contributed by atoms with Gasteiger partial charge in [0, 0.05) is 5.54 Å². The van der Waals surface area contributed by atoms with Crippen LogP contribution in [0.2, 0.25) is 0 Å². The smallest absolute Gasteiger partial charge is 0.329 e. The van der Waals surface area contributed by atoms with Crippen LogP contribution in [0.4, 0.5) is 0 Å². The van der Waals surface area contributed by atoms with E-state index in [0.717, 1.165) is 56.5 Å². The second-order valence-corrected chi connectivity index (χ2v) is 6.37. The molecule has 0 heterocycles. The second kappa shape index (κ2) is 13.1. The van der Waals surface area contributed by atoms with Gasteiger partial charge in [-0.05, 0) is 43.6 Å². The summed E-state index contributed by atoms with van der Waals surface area (Å²) in [5, 5.41) is 11.6. The van der Waals surface area contributed by atoms with Crippen molar-refractivity contribution in [2.75, 3.05) is 24.7 Å². The van der Waals surface area contributed by atoms with Gasteiger partial charge in [0.15, 0.2) is 0 Å². The third-order valence-corrected chi connectivity index (χ3v) is 4.13. The summed E-state index contributed by atoms with van der Waals surface area (Å²) >= 11 is 8.53. The molecule has 5 nitrogen and oxygen atoms in total. The molecule has 130 valence electrons. The zero-order chi connectivity index (χ0) is 16.8. The maximum atomic E-state index is 12.1. The number of rotatable bonds is 14. The van der Waals surface area contributed by atoms with Crippen LogP contribution in [0.25, 0.3) is 0 Å². The first-order valence-corrected chi connectivity index (χ1v) is 9.08. The summed E-state index contributed by atoms with van der Waals surface area (Å²) in [5.41, 5.74) is -0.259. The maximum Gasteiger partial charge on any atom is 0.329 e. The largest absolute Gasteiger partial charge is 0.480 e. The van der Waals surface area contributed by atoms with Gasteiger partial charge in [-0.15, -0.1) is 0 Å². The quantitative estimate of drug-likeness (QED) is 0.363. The molecule has 2 N–H and O–H groups in total. The van der Waals surface area contributed by atoms with Crippen molar-refractivity contribution < 1.29 is 19.4 Å². The number of carboxylic acid groups (broad SMARTS) is 1. The third kappa shape index (κ3) is 10.3. The average Bonchev–Trinajstić information content (AvgIpc) is 2.48. The molecule has 0 saturated carbocycles. The van der Waals surface area contributed by atoms with E-state index in [4.69, 9.17) is 9.84 Å². The third-order valence-electron chi connectivity index (χ3n) is 3.50. The number of carbonyl (C=O) groups excluding carboxylic acids is 1. The van der Waals surface area contributed by atoms with Crippen LogP contribution >= 0.6 is 25.3 Å². The van der Waals surface area contributed by atoms with Gasteiger partial charge in [0.2, 0.25) is 5.91 Å². The number of thiol groups is 2. The lowest BCUT2D eigenvalue weighted by molar-refractivity contribution is -0.143. The Kier molecular flexibility index (Phi) is 12.8. The Hall–Kier alpha value is -0.400. The first-order valence-electron chi connectivity index (χ1n) is 7.82. The van der Waals surface area contributed by atoms with Crippen molar-refractivity contribution in [1.29, 1.82) is 0 Å². The highest BCUT2D eigenvalue weighted by Gasteiger charge is 2.30. The highest BCUT2D eigenvalue weighted by Crippen LogP contribution is 2.27. The molecule has 0 bridgehead atoms. The van der Waals surface area contributed by atoms with Crippen molar-refractivity contribution in [3.05, 3.63) is 0 Å². The first-order chi connectivity index (χ1) is 10.5. The topological polar surface area (TPSA) is 75.6 Å². The van der Waals surface area contributed by atoms with Gasteiger partial charge in [-0.25, -0.2) is 4.79 Å². The standard InChI is InChI=1S/C15H29NO4S2/c1-2-3-6-15(7-4-9-21,8-5-10-22)16-13(17)11-20-12-14(18)19/h21-22H,2-12H2,1H3,(H,16,17)(H,18,19). The van der Waals surface area contributed by atoms with Crippen molar-refractivity contribution >= 4 is 37.1 Å². The molecular weight excluding hydrogens is 322 g/mol. The molecule has 0 aromatic carbocycles. The number of nitrogens with one attached hydrogen (secondary N) is 1. The number of ether oxygens (including phenoxy) is 1. The molecule has 7 heteroatoms. The Morgan fingerprint density at radius 3 is 2.05 bits per heavy atom. The van der Waals surface area contributed by atoms with Crippen molar-refractivity contribution in [2.45, 2.75) is 57.4 Å². The molecule has 0 aromatic rings. The van der Waals surface area contributed by atoms with Crippen LogP contribution < -0.4 is 5.32 Å². The predicted octanol–water partition coefficient (Wildman–Crippen LogP) is 2.55. The van der Waals surface area contributed by atoms with E-state index in [-0.39, 0.29) is 18.1 Å². The molecule has 1 amide bonds. The zero-order valence-corrected chi connectivity index (χ0v) is 15.1. The lowest BCUT2D eigenvalue weighted by atomic mass is 9.83. The fraction of sp³-hybridized carbons (Fsp3) is 0.867. The van der Waals surface area contributed by atoms with E-state index >= 15 is 0 Å². The molecular formula is C15H29NO4S2. The molecule has 22 heavy (non-hydrogen) atoms. The minimum Gasteiger partial charge on any atom is -0.480 e. The van der Waals surface area contributed by atoms with E-state index in [9.17, 15) is 9.59 Å². The fourth-order valence-corrected chi connectivity index (χ4v) is 2.79. The summed E-state index contributed by atoms with van der Waals surface area (Å²) in [4.78, 5) is 22.5. The van der Waals surface area contributed by atoms with Gasteiger partial charge < -0.3 is 15.2 Å². The number of carboxylic acids is 1. The first kappa shape index (κ1) is 21.6. The number of unbranched alkanes of at least 4 members (excludes halogenated alkanes) is 1. The van der Waals surface area contributed by atoms with E-state index < -0.39 is 12.6 Å². The SMILES string of the molecule is CCCCC(CCCS)(CCCS)NC(=O)COCC(=O)O. The molecule has 0 atom stereocenters. The van der Waals surface area contributed by atoms with Gasteiger partial charge in [0.25, 0.3) is 0 Å². The Bertz CT molecular complexity index is 305. The van der Waals surface area contributed by atoms with Crippen LogP contribution in [0.5, 0.6) is 0 Å². The zero-order valence-electron chi connectivity index (χ0n) is 13.3. The molecule has 0 aromatic heterocycles. The highest BCUT2D eigenvalue weighted by molar-refractivity contribution is 7.80. The van der Waals surface area contributed by atoms with Crippen LogP contribution in [0.1, 0.15) is 51.9 Å². The van der Waals surface area contributed by atoms with E-state index in [2.05, 4.69) is 37.5 Å². The molecule has 0 aliphatic rings. The Morgan fingerprint density at radius 1 is 1.05 bits per heavy atom. The molecule has 0 fully saturated rings. The minimum absolute atomic E-state index is 0.220. The summed E-state index contributed by atoms with van der Waals surface area (Å²) in [5.74, 6) is 0.228. The van der Waals surface area contributed by atoms with Crippen LogP contribution in [-0.2, 0) is 14.3 Å². The summed E-state index contributed by atoms with van der Waals surface area (Å²) < 4.78 is 4.87. The average molecular weight is 352 g/mol. The Morgan fingerprint density at radius 2 is 1.59 bits per heavy atom. The van der Waals surface area contributed by atoms with Crippen LogP contribution in [-0.4, -0.2) is 47.2 Å². The normalized spacial score (nSPS) is 11.4. The summed E-state index contributed by atoms with van der Waals surface area (Å²) in [6, 6.07) is 0. The molecule has 0 rings (SSSR count). The lowest BCUT2D eigenvalue weighted by Crippen LogP contribution is -2.50. The molecule has 0 saturated heterocycles. The molecule has 0 radical (unpaired) electrons. The van der Waals surface area contributed by atoms with E-state index in [0.29, 0.717) is 0 Å². The Balaban J connectivity index is 4.68. The highest BCUT2D eigenvalue weighted by atomic mass is 32.1. The van der Waals surface area contributed by atoms with Crippen molar-refractivity contribution in [1.82, 2.24) is 5.32 Å². The van der Waals surface area contributed by atoms with E-state index in [1.807, 2.05) is 0 Å². The molecule has 0 aliphatic heterocycles. The predicted molar refractivity (Wildman–Crippen MR) is 95.0 cm³/mol. The van der Waals surface area contributed by atoms with E-state index in [1.165, 1.54) is 0 Å². The van der Waals surface area contributed by atoms with Crippen molar-refractivity contribution in [2.24, 2.45) is 0 Å². The fourth-order valence-electron chi connectivity index (χ4n) is 2.48. The van der Waals surface area contributed by atoms with Crippen molar-refractivity contribution in [3.63, 3.8) is 0 Å².